The number of hydrogen-bond donors (Lipinski definition) is 1. The highest BCUT2D eigenvalue weighted by Crippen LogP contribution is 2.27. The van der Waals surface area contributed by atoms with E-state index < -0.39 is 0 Å². The number of nitrogens with one attached hydrogen (secondary N) is 1. The van der Waals surface area contributed by atoms with Gasteiger partial charge in [0, 0.05) is 31.2 Å². The first-order chi connectivity index (χ1) is 17.6. The molecule has 1 saturated heterocycles. The highest BCUT2D eigenvalue weighted by Gasteiger charge is 2.20. The monoisotopic (exact) mass is 480 g/mol. The molecule has 0 radical (unpaired) electrons. The molecule has 5 heterocycles. The van der Waals surface area contributed by atoms with E-state index in [1.54, 1.807) is 12.4 Å². The fourth-order valence-electron chi connectivity index (χ4n) is 4.78. The molecule has 1 aromatic carbocycles. The lowest BCUT2D eigenvalue weighted by Crippen LogP contribution is -2.29. The second-order valence-corrected chi connectivity index (χ2v) is 9.38. The number of carbonyl (C=O) groups is 1. The first-order valence-corrected chi connectivity index (χ1v) is 12.3. The number of carbonyl (C=O) groups excluding carboxylic acids is 1. The number of amides is 1. The van der Waals surface area contributed by atoms with Crippen LogP contribution in [0.5, 0.6) is 0 Å². The van der Waals surface area contributed by atoms with Crippen molar-refractivity contribution < 1.29 is 4.79 Å². The van der Waals surface area contributed by atoms with Crippen molar-refractivity contribution in [2.45, 2.75) is 19.9 Å². The number of anilines is 1. The van der Waals surface area contributed by atoms with Crippen molar-refractivity contribution in [3.05, 3.63) is 71.8 Å². The normalized spacial score (nSPS) is 15.0. The number of imidazole rings is 1. The molecule has 6 rings (SSSR count). The second-order valence-electron chi connectivity index (χ2n) is 9.38. The minimum absolute atomic E-state index is 0.209. The molecular weight excluding hydrogens is 452 g/mol. The van der Waals surface area contributed by atoms with E-state index in [0.717, 1.165) is 66.2 Å². The summed E-state index contributed by atoms with van der Waals surface area (Å²) in [5.74, 6) is 0.742. The summed E-state index contributed by atoms with van der Waals surface area (Å²) in [5.41, 5.74) is 5.19. The fraction of sp³-hybridized carbons (Fsp3) is 0.296. The molecule has 1 aliphatic rings. The number of likely N-dealkylation sites (N-methyl/N-ethyl adjacent to an activating group) is 1. The van der Waals surface area contributed by atoms with Crippen molar-refractivity contribution in [2.75, 3.05) is 38.1 Å². The molecule has 9 heteroatoms. The number of rotatable bonds is 4. The first-order valence-electron chi connectivity index (χ1n) is 12.3. The molecule has 1 N–H and O–H groups in total. The molecule has 0 atom stereocenters. The maximum absolute atomic E-state index is 13.4. The van der Waals surface area contributed by atoms with Gasteiger partial charge < -0.3 is 15.1 Å². The van der Waals surface area contributed by atoms with E-state index >= 15 is 0 Å². The van der Waals surface area contributed by atoms with E-state index in [9.17, 15) is 4.79 Å². The third-order valence-corrected chi connectivity index (χ3v) is 6.76. The van der Waals surface area contributed by atoms with Crippen LogP contribution < -0.4 is 10.2 Å². The molecule has 1 amide bonds. The van der Waals surface area contributed by atoms with Crippen molar-refractivity contribution in [1.82, 2.24) is 34.6 Å². The summed E-state index contributed by atoms with van der Waals surface area (Å²) in [7, 11) is 2.16. The second kappa shape index (κ2) is 9.16. The van der Waals surface area contributed by atoms with E-state index in [4.69, 9.17) is 9.97 Å². The van der Waals surface area contributed by atoms with E-state index in [2.05, 4.69) is 44.3 Å². The molecule has 182 valence electrons. The van der Waals surface area contributed by atoms with Crippen molar-refractivity contribution >= 4 is 39.4 Å². The van der Waals surface area contributed by atoms with Gasteiger partial charge in [-0.05, 0) is 57.3 Å². The SMILES string of the molecule is Cc1cnc(CNC(=O)c2cc3ccc(N4CCCN(C)CC4)nc3n3c2nc2ccccc23)cn1. The Morgan fingerprint density at radius 2 is 1.86 bits per heavy atom. The summed E-state index contributed by atoms with van der Waals surface area (Å²) in [5, 5.41) is 3.87. The summed E-state index contributed by atoms with van der Waals surface area (Å²) in [6.45, 7) is 6.18. The maximum atomic E-state index is 13.4. The van der Waals surface area contributed by atoms with Gasteiger partial charge in [0.05, 0.1) is 40.7 Å². The Hall–Kier alpha value is -4.11. The van der Waals surface area contributed by atoms with Gasteiger partial charge in [-0.25, -0.2) is 9.97 Å². The largest absolute Gasteiger partial charge is 0.355 e. The number of aromatic nitrogens is 5. The van der Waals surface area contributed by atoms with E-state index in [1.807, 2.05) is 41.7 Å². The van der Waals surface area contributed by atoms with Gasteiger partial charge in [0.15, 0.2) is 5.65 Å². The van der Waals surface area contributed by atoms with Gasteiger partial charge >= 0.3 is 0 Å². The lowest BCUT2D eigenvalue weighted by atomic mass is 10.1. The Morgan fingerprint density at radius 3 is 2.72 bits per heavy atom. The van der Waals surface area contributed by atoms with Gasteiger partial charge in [0.2, 0.25) is 0 Å². The molecule has 0 unspecified atom stereocenters. The molecule has 1 fully saturated rings. The zero-order valence-electron chi connectivity index (χ0n) is 20.5. The van der Waals surface area contributed by atoms with Gasteiger partial charge in [-0.2, -0.15) is 0 Å². The van der Waals surface area contributed by atoms with Crippen molar-refractivity contribution in [2.24, 2.45) is 0 Å². The molecule has 1 aliphatic heterocycles. The molecule has 0 aliphatic carbocycles. The minimum atomic E-state index is -0.209. The zero-order valence-corrected chi connectivity index (χ0v) is 20.5. The van der Waals surface area contributed by atoms with E-state index in [0.29, 0.717) is 16.9 Å². The van der Waals surface area contributed by atoms with Crippen LogP contribution in [0.4, 0.5) is 5.82 Å². The van der Waals surface area contributed by atoms with Crippen LogP contribution in [-0.2, 0) is 6.54 Å². The smallest absolute Gasteiger partial charge is 0.255 e. The summed E-state index contributed by atoms with van der Waals surface area (Å²) in [6.07, 6.45) is 4.48. The summed E-state index contributed by atoms with van der Waals surface area (Å²) in [4.78, 5) is 36.6. The average molecular weight is 481 g/mol. The Morgan fingerprint density at radius 1 is 0.972 bits per heavy atom. The number of fused-ring (bicyclic) bond motifs is 5. The lowest BCUT2D eigenvalue weighted by molar-refractivity contribution is 0.0951. The topological polar surface area (TPSA) is 91.6 Å². The number of benzene rings is 1. The van der Waals surface area contributed by atoms with Crippen LogP contribution in [0.3, 0.4) is 0 Å². The number of nitrogens with zero attached hydrogens (tertiary/aromatic N) is 7. The number of pyridine rings is 2. The number of para-hydroxylation sites is 2. The predicted octanol–water partition coefficient (Wildman–Crippen LogP) is 3.21. The zero-order chi connectivity index (χ0) is 24.6. The molecule has 0 spiro atoms. The number of hydrogen-bond acceptors (Lipinski definition) is 7. The summed E-state index contributed by atoms with van der Waals surface area (Å²) >= 11 is 0. The fourth-order valence-corrected chi connectivity index (χ4v) is 4.78. The third kappa shape index (κ3) is 4.11. The van der Waals surface area contributed by atoms with Gasteiger partial charge in [0.25, 0.3) is 5.91 Å². The van der Waals surface area contributed by atoms with Crippen molar-refractivity contribution in [1.29, 1.82) is 0 Å². The first kappa shape index (κ1) is 22.4. The van der Waals surface area contributed by atoms with E-state index in [1.165, 1.54) is 0 Å². The van der Waals surface area contributed by atoms with Crippen LogP contribution in [0.25, 0.3) is 27.7 Å². The van der Waals surface area contributed by atoms with Crippen molar-refractivity contribution in [3.63, 3.8) is 0 Å². The quantitative estimate of drug-likeness (QED) is 0.422. The Bertz CT molecular complexity index is 1580. The lowest BCUT2D eigenvalue weighted by Gasteiger charge is -2.22. The number of aryl methyl sites for hydroxylation is 1. The molecule has 5 aromatic rings. The minimum Gasteiger partial charge on any atom is -0.355 e. The Balaban J connectivity index is 1.44. The predicted molar refractivity (Wildman–Crippen MR) is 140 cm³/mol. The molecule has 9 nitrogen and oxygen atoms in total. The molecule has 0 saturated carbocycles. The van der Waals surface area contributed by atoms with Gasteiger partial charge in [-0.15, -0.1) is 0 Å². The Kier molecular flexibility index (Phi) is 5.69. The van der Waals surface area contributed by atoms with Crippen LogP contribution in [0.2, 0.25) is 0 Å². The molecule has 36 heavy (non-hydrogen) atoms. The van der Waals surface area contributed by atoms with Gasteiger partial charge in [-0.3, -0.25) is 19.2 Å². The van der Waals surface area contributed by atoms with Gasteiger partial charge in [0.1, 0.15) is 11.5 Å². The highest BCUT2D eigenvalue weighted by molar-refractivity contribution is 6.05. The molecule has 0 bridgehead atoms. The van der Waals surface area contributed by atoms with Crippen LogP contribution >= 0.6 is 0 Å². The van der Waals surface area contributed by atoms with Crippen LogP contribution in [-0.4, -0.2) is 68.4 Å². The van der Waals surface area contributed by atoms with Crippen LogP contribution in [0.15, 0.2) is 54.9 Å². The molecule has 4 aromatic heterocycles. The van der Waals surface area contributed by atoms with Crippen LogP contribution in [0, 0.1) is 6.92 Å². The maximum Gasteiger partial charge on any atom is 0.255 e. The molecular formula is C27H28N8O. The third-order valence-electron chi connectivity index (χ3n) is 6.76. The highest BCUT2D eigenvalue weighted by atomic mass is 16.1. The standard InChI is InChI=1S/C27H28N8O/c1-18-15-29-20(16-28-18)17-30-27(36)21-14-19-8-9-24(34-11-5-10-33(2)12-13-34)32-25(19)35-23-7-4-3-6-22(23)31-26(21)35/h3-4,6-9,14-16H,5,10-13,17H2,1-2H3,(H,30,36). The average Bonchev–Trinajstić information content (AvgIpc) is 3.16. The van der Waals surface area contributed by atoms with Gasteiger partial charge in [-0.1, -0.05) is 12.1 Å². The van der Waals surface area contributed by atoms with E-state index in [-0.39, 0.29) is 12.5 Å². The summed E-state index contributed by atoms with van der Waals surface area (Å²) < 4.78 is 2.01. The van der Waals surface area contributed by atoms with Crippen molar-refractivity contribution in [3.8, 4) is 0 Å². The van der Waals surface area contributed by atoms with Crippen LogP contribution in [0.1, 0.15) is 28.2 Å². The summed E-state index contributed by atoms with van der Waals surface area (Å²) in [6, 6.07) is 13.9. The Labute approximate surface area is 208 Å².